The maximum absolute atomic E-state index is 12.4. The van der Waals surface area contributed by atoms with E-state index in [1.807, 2.05) is 56.4 Å². The minimum atomic E-state index is -0.127. The van der Waals surface area contributed by atoms with E-state index in [1.165, 1.54) is 0 Å². The average Bonchev–Trinajstić information content (AvgIpc) is 2.88. The van der Waals surface area contributed by atoms with Crippen LogP contribution < -0.4 is 5.32 Å². The van der Waals surface area contributed by atoms with Crippen LogP contribution >= 0.6 is 11.6 Å². The second-order valence-electron chi connectivity index (χ2n) is 6.00. The molecule has 0 unspecified atom stereocenters. The summed E-state index contributed by atoms with van der Waals surface area (Å²) in [5, 5.41) is 8.10. The number of amides is 2. The van der Waals surface area contributed by atoms with Crippen molar-refractivity contribution in [2.24, 2.45) is 14.1 Å². The van der Waals surface area contributed by atoms with Crippen molar-refractivity contribution in [1.82, 2.24) is 24.6 Å². The zero-order valence-electron chi connectivity index (χ0n) is 14.5. The largest absolute Gasteiger partial charge is 0.351 e. The molecule has 126 valence electrons. The first-order valence-corrected chi connectivity index (χ1v) is 7.91. The average molecular weight is 338 g/mol. The molecule has 6 nitrogen and oxygen atoms in total. The molecule has 0 radical (unpaired) electrons. The Labute approximate surface area is 142 Å². The Morgan fingerprint density at radius 1 is 1.43 bits per heavy atom. The smallest absolute Gasteiger partial charge is 0.317 e. The maximum atomic E-state index is 12.4. The molecule has 2 amide bonds. The number of halogens is 1. The van der Waals surface area contributed by atoms with Crippen LogP contribution in [0, 0.1) is 13.8 Å². The Kier molecular flexibility index (Phi) is 5.04. The molecule has 0 saturated carbocycles. The van der Waals surface area contributed by atoms with Gasteiger partial charge in [0, 0.05) is 44.3 Å². The number of hydrogen-bond donors (Lipinski definition) is 1. The third-order valence-corrected chi connectivity index (χ3v) is 4.37. The minimum Gasteiger partial charge on any atom is -0.351 e. The summed E-state index contributed by atoms with van der Waals surface area (Å²) in [5.41, 5.74) is 4.05. The fourth-order valence-electron chi connectivity index (χ4n) is 2.82. The zero-order chi connectivity index (χ0) is 17.3. The van der Waals surface area contributed by atoms with Crippen molar-refractivity contribution in [1.29, 1.82) is 0 Å². The van der Waals surface area contributed by atoms with Gasteiger partial charge in [0.1, 0.15) is 0 Å². The van der Waals surface area contributed by atoms with Crippen LogP contribution in [0.2, 0.25) is 5.02 Å². The first-order chi connectivity index (χ1) is 10.7. The van der Waals surface area contributed by atoms with Gasteiger partial charge in [-0.2, -0.15) is 5.10 Å². The number of rotatable bonds is 4. The number of urea groups is 1. The SMILES string of the molecule is Cc1nn(C)c(C)c1[C@@H](C)NC(=O)N(C)Cc1cc(Cl)cn1C. The fourth-order valence-corrected chi connectivity index (χ4v) is 3.09. The summed E-state index contributed by atoms with van der Waals surface area (Å²) < 4.78 is 3.76. The minimum absolute atomic E-state index is 0.101. The van der Waals surface area contributed by atoms with E-state index in [1.54, 1.807) is 11.9 Å². The van der Waals surface area contributed by atoms with Crippen LogP contribution in [-0.2, 0) is 20.6 Å². The molecule has 0 aromatic carbocycles. The molecule has 2 aromatic rings. The van der Waals surface area contributed by atoms with Crippen LogP contribution in [-0.4, -0.2) is 32.3 Å². The van der Waals surface area contributed by atoms with E-state index in [2.05, 4.69) is 10.4 Å². The van der Waals surface area contributed by atoms with Crippen LogP contribution in [0.15, 0.2) is 12.3 Å². The maximum Gasteiger partial charge on any atom is 0.317 e. The molecule has 2 heterocycles. The van der Waals surface area contributed by atoms with Crippen molar-refractivity contribution in [2.75, 3.05) is 7.05 Å². The number of nitrogens with zero attached hydrogens (tertiary/aromatic N) is 4. The number of hydrogen-bond acceptors (Lipinski definition) is 2. The molecular formula is C16H24ClN5O. The number of aromatic nitrogens is 3. The quantitative estimate of drug-likeness (QED) is 0.932. The molecule has 0 aliphatic heterocycles. The molecule has 23 heavy (non-hydrogen) atoms. The van der Waals surface area contributed by atoms with Gasteiger partial charge in [-0.3, -0.25) is 4.68 Å². The monoisotopic (exact) mass is 337 g/mol. The van der Waals surface area contributed by atoms with Crippen LogP contribution in [0.4, 0.5) is 4.79 Å². The standard InChI is InChI=1S/C16H24ClN5O/c1-10(15-11(2)19-22(6)12(15)3)18-16(23)21(5)9-14-7-13(17)8-20(14)4/h7-8,10H,9H2,1-6H3,(H,18,23)/t10-/m1/s1. The first kappa shape index (κ1) is 17.4. The molecule has 0 fully saturated rings. The predicted octanol–water partition coefficient (Wildman–Crippen LogP) is 2.93. The van der Waals surface area contributed by atoms with Gasteiger partial charge in [-0.1, -0.05) is 11.6 Å². The lowest BCUT2D eigenvalue weighted by atomic mass is 10.1. The fraction of sp³-hybridized carbons (Fsp3) is 0.500. The van der Waals surface area contributed by atoms with Gasteiger partial charge in [0.05, 0.1) is 23.3 Å². The van der Waals surface area contributed by atoms with E-state index in [9.17, 15) is 4.79 Å². The highest BCUT2D eigenvalue weighted by molar-refractivity contribution is 6.30. The molecular weight excluding hydrogens is 314 g/mol. The van der Waals surface area contributed by atoms with Crippen molar-refractivity contribution < 1.29 is 4.79 Å². The third-order valence-electron chi connectivity index (χ3n) is 4.16. The Morgan fingerprint density at radius 2 is 2.09 bits per heavy atom. The third kappa shape index (κ3) is 3.69. The lowest BCUT2D eigenvalue weighted by molar-refractivity contribution is 0.202. The Bertz CT molecular complexity index is 718. The van der Waals surface area contributed by atoms with E-state index in [4.69, 9.17) is 11.6 Å². The van der Waals surface area contributed by atoms with E-state index in [0.29, 0.717) is 11.6 Å². The topological polar surface area (TPSA) is 55.1 Å². The summed E-state index contributed by atoms with van der Waals surface area (Å²) in [7, 11) is 5.59. The van der Waals surface area contributed by atoms with Crippen LogP contribution in [0.3, 0.4) is 0 Å². The summed E-state index contributed by atoms with van der Waals surface area (Å²) in [6.07, 6.45) is 1.83. The van der Waals surface area contributed by atoms with E-state index in [-0.39, 0.29) is 12.1 Å². The predicted molar refractivity (Wildman–Crippen MR) is 91.5 cm³/mol. The van der Waals surface area contributed by atoms with Crippen molar-refractivity contribution in [3.8, 4) is 0 Å². The lowest BCUT2D eigenvalue weighted by Crippen LogP contribution is -2.38. The summed E-state index contributed by atoms with van der Waals surface area (Å²) in [6.45, 7) is 6.43. The van der Waals surface area contributed by atoms with Gasteiger partial charge in [-0.25, -0.2) is 4.79 Å². The van der Waals surface area contributed by atoms with Gasteiger partial charge >= 0.3 is 6.03 Å². The number of carbonyl (C=O) groups excluding carboxylic acids is 1. The van der Waals surface area contributed by atoms with Gasteiger partial charge in [-0.05, 0) is 26.8 Å². The molecule has 2 rings (SSSR count). The number of aryl methyl sites for hydroxylation is 3. The molecule has 1 N–H and O–H groups in total. The van der Waals surface area contributed by atoms with Crippen LogP contribution in [0.25, 0.3) is 0 Å². The van der Waals surface area contributed by atoms with Crippen molar-refractivity contribution in [2.45, 2.75) is 33.4 Å². The Morgan fingerprint density at radius 3 is 2.57 bits per heavy atom. The highest BCUT2D eigenvalue weighted by Crippen LogP contribution is 2.21. The van der Waals surface area contributed by atoms with Gasteiger partial charge in [-0.15, -0.1) is 0 Å². The molecule has 0 aliphatic rings. The summed E-state index contributed by atoms with van der Waals surface area (Å²) in [4.78, 5) is 14.1. The van der Waals surface area contributed by atoms with Gasteiger partial charge in [0.25, 0.3) is 0 Å². The summed E-state index contributed by atoms with van der Waals surface area (Å²) >= 11 is 5.98. The normalized spacial score (nSPS) is 12.3. The summed E-state index contributed by atoms with van der Waals surface area (Å²) in [6, 6.07) is 1.64. The summed E-state index contributed by atoms with van der Waals surface area (Å²) in [5.74, 6) is 0. The second kappa shape index (κ2) is 6.66. The molecule has 1 atom stereocenters. The van der Waals surface area contributed by atoms with E-state index >= 15 is 0 Å². The zero-order valence-corrected chi connectivity index (χ0v) is 15.3. The molecule has 0 aliphatic carbocycles. The van der Waals surface area contributed by atoms with Crippen molar-refractivity contribution in [3.63, 3.8) is 0 Å². The van der Waals surface area contributed by atoms with Crippen LogP contribution in [0.5, 0.6) is 0 Å². The Hall–Kier alpha value is -1.95. The molecule has 0 saturated heterocycles. The van der Waals surface area contributed by atoms with Crippen molar-refractivity contribution in [3.05, 3.63) is 39.9 Å². The molecule has 0 spiro atoms. The first-order valence-electron chi connectivity index (χ1n) is 7.53. The molecule has 0 bridgehead atoms. The van der Waals surface area contributed by atoms with E-state index < -0.39 is 0 Å². The highest BCUT2D eigenvalue weighted by atomic mass is 35.5. The highest BCUT2D eigenvalue weighted by Gasteiger charge is 2.20. The Balaban J connectivity index is 2.04. The lowest BCUT2D eigenvalue weighted by Gasteiger charge is -2.22. The van der Waals surface area contributed by atoms with Crippen molar-refractivity contribution >= 4 is 17.6 Å². The number of carbonyl (C=O) groups is 1. The van der Waals surface area contributed by atoms with Crippen LogP contribution in [0.1, 0.15) is 35.6 Å². The number of nitrogens with one attached hydrogen (secondary N) is 1. The molecule has 7 heteroatoms. The van der Waals surface area contributed by atoms with Gasteiger partial charge < -0.3 is 14.8 Å². The second-order valence-corrected chi connectivity index (χ2v) is 6.43. The molecule has 2 aromatic heterocycles. The van der Waals surface area contributed by atoms with Gasteiger partial charge in [0.2, 0.25) is 0 Å². The van der Waals surface area contributed by atoms with Gasteiger partial charge in [0.15, 0.2) is 0 Å². The van der Waals surface area contributed by atoms with E-state index in [0.717, 1.165) is 22.6 Å².